The zero-order valence-corrected chi connectivity index (χ0v) is 16.6. The molecule has 27 heavy (non-hydrogen) atoms. The third-order valence-corrected chi connectivity index (χ3v) is 5.25. The first kappa shape index (κ1) is 17.8. The van der Waals surface area contributed by atoms with Crippen molar-refractivity contribution in [3.05, 3.63) is 75.9 Å². The van der Waals surface area contributed by atoms with Gasteiger partial charge in [-0.15, -0.1) is 0 Å². The van der Waals surface area contributed by atoms with Gasteiger partial charge in [0.1, 0.15) is 5.69 Å². The van der Waals surface area contributed by atoms with Crippen molar-refractivity contribution in [1.82, 2.24) is 15.1 Å². The van der Waals surface area contributed by atoms with Crippen LogP contribution in [-0.4, -0.2) is 26.5 Å². The van der Waals surface area contributed by atoms with Crippen LogP contribution >= 0.6 is 11.6 Å². The van der Waals surface area contributed by atoms with Gasteiger partial charge in [-0.1, -0.05) is 53.6 Å². The molecule has 0 fully saturated rings. The summed E-state index contributed by atoms with van der Waals surface area (Å²) >= 11 is 6.10. The Hall–Kier alpha value is -2.59. The van der Waals surface area contributed by atoms with Crippen molar-refractivity contribution < 1.29 is 4.79 Å². The summed E-state index contributed by atoms with van der Waals surface area (Å²) < 4.78 is 0. The van der Waals surface area contributed by atoms with Crippen molar-refractivity contribution >= 4 is 17.5 Å². The number of carbonyl (C=O) groups is 1. The minimum absolute atomic E-state index is 0.0247. The Bertz CT molecular complexity index is 998. The number of nitrogens with zero attached hydrogens (tertiary/aromatic N) is 2. The molecule has 4 nitrogen and oxygen atoms in total. The average molecular weight is 380 g/mol. The molecular formula is C22H22ClN3O. The van der Waals surface area contributed by atoms with E-state index < -0.39 is 0 Å². The highest BCUT2D eigenvalue weighted by Crippen LogP contribution is 2.45. The molecule has 1 unspecified atom stereocenters. The largest absolute Gasteiger partial charge is 0.321 e. The predicted molar refractivity (Wildman–Crippen MR) is 108 cm³/mol. The van der Waals surface area contributed by atoms with Crippen LogP contribution in [0.1, 0.15) is 54.0 Å². The summed E-state index contributed by atoms with van der Waals surface area (Å²) in [5.41, 5.74) is 5.20. The molecule has 1 aromatic heterocycles. The van der Waals surface area contributed by atoms with Crippen molar-refractivity contribution in [3.8, 4) is 11.3 Å². The van der Waals surface area contributed by atoms with E-state index in [-0.39, 0.29) is 17.5 Å². The fourth-order valence-corrected chi connectivity index (χ4v) is 3.86. The molecule has 2 heterocycles. The number of hydrogen-bond acceptors (Lipinski definition) is 2. The summed E-state index contributed by atoms with van der Waals surface area (Å²) in [6.45, 7) is 8.22. The van der Waals surface area contributed by atoms with Gasteiger partial charge in [0, 0.05) is 21.7 Å². The minimum atomic E-state index is -0.341. The van der Waals surface area contributed by atoms with Crippen LogP contribution in [-0.2, 0) is 0 Å². The van der Waals surface area contributed by atoms with Gasteiger partial charge < -0.3 is 4.90 Å². The van der Waals surface area contributed by atoms with E-state index >= 15 is 0 Å². The number of aryl methyl sites for hydroxylation is 1. The van der Waals surface area contributed by atoms with Crippen LogP contribution in [0.3, 0.4) is 0 Å². The van der Waals surface area contributed by atoms with Crippen molar-refractivity contribution in [2.45, 2.75) is 39.3 Å². The summed E-state index contributed by atoms with van der Waals surface area (Å²) in [6, 6.07) is 15.7. The van der Waals surface area contributed by atoms with Crippen molar-refractivity contribution in [2.75, 3.05) is 0 Å². The zero-order valence-electron chi connectivity index (χ0n) is 15.9. The van der Waals surface area contributed by atoms with E-state index in [4.69, 9.17) is 11.6 Å². The molecule has 0 saturated heterocycles. The number of halogens is 1. The molecule has 0 aliphatic carbocycles. The smallest absolute Gasteiger partial charge is 0.273 e. The number of benzene rings is 2. The summed E-state index contributed by atoms with van der Waals surface area (Å²) in [5, 5.41) is 8.17. The monoisotopic (exact) mass is 379 g/mol. The van der Waals surface area contributed by atoms with E-state index in [1.807, 2.05) is 29.2 Å². The fourth-order valence-electron chi connectivity index (χ4n) is 3.73. The first-order valence-corrected chi connectivity index (χ1v) is 9.39. The van der Waals surface area contributed by atoms with Gasteiger partial charge in [0.05, 0.1) is 11.7 Å². The maximum absolute atomic E-state index is 13.2. The van der Waals surface area contributed by atoms with Crippen molar-refractivity contribution in [3.63, 3.8) is 0 Å². The molecule has 1 N–H and O–H groups in total. The first-order valence-electron chi connectivity index (χ1n) is 9.02. The number of aromatic nitrogens is 2. The van der Waals surface area contributed by atoms with Crippen molar-refractivity contribution in [1.29, 1.82) is 0 Å². The average Bonchev–Trinajstić information content (AvgIpc) is 3.15. The van der Waals surface area contributed by atoms with Gasteiger partial charge in [0.25, 0.3) is 5.91 Å². The highest BCUT2D eigenvalue weighted by Gasteiger charge is 2.46. The summed E-state index contributed by atoms with van der Waals surface area (Å²) in [4.78, 5) is 15.1. The van der Waals surface area contributed by atoms with Crippen LogP contribution in [0.2, 0.25) is 5.02 Å². The number of hydrogen-bond donors (Lipinski definition) is 1. The van der Waals surface area contributed by atoms with Crippen LogP contribution in [0.4, 0.5) is 0 Å². The highest BCUT2D eigenvalue weighted by atomic mass is 35.5. The number of fused-ring (bicyclic) bond motifs is 1. The maximum atomic E-state index is 13.2. The lowest BCUT2D eigenvalue weighted by molar-refractivity contribution is 0.0546. The molecule has 4 rings (SSSR count). The Morgan fingerprint density at radius 2 is 1.67 bits per heavy atom. The number of rotatable bonds is 2. The third-order valence-electron chi connectivity index (χ3n) is 5.00. The normalized spacial score (nSPS) is 16.7. The zero-order chi connectivity index (χ0) is 19.3. The van der Waals surface area contributed by atoms with Gasteiger partial charge in [-0.05, 0) is 45.4 Å². The van der Waals surface area contributed by atoms with Gasteiger partial charge in [0.15, 0.2) is 0 Å². The minimum Gasteiger partial charge on any atom is -0.321 e. The molecule has 0 spiro atoms. The summed E-state index contributed by atoms with van der Waals surface area (Å²) in [7, 11) is 0. The Morgan fingerprint density at radius 1 is 1.04 bits per heavy atom. The fraction of sp³-hybridized carbons (Fsp3) is 0.273. The van der Waals surface area contributed by atoms with Crippen LogP contribution in [0.25, 0.3) is 11.3 Å². The molecule has 138 valence electrons. The van der Waals surface area contributed by atoms with Crippen LogP contribution < -0.4 is 0 Å². The van der Waals surface area contributed by atoms with E-state index in [0.717, 1.165) is 22.4 Å². The first-order chi connectivity index (χ1) is 12.8. The Labute approximate surface area is 164 Å². The highest BCUT2D eigenvalue weighted by molar-refractivity contribution is 6.30. The number of nitrogens with one attached hydrogen (secondary N) is 1. The molecule has 1 atom stereocenters. The Balaban J connectivity index is 1.93. The van der Waals surface area contributed by atoms with Gasteiger partial charge >= 0.3 is 0 Å². The second kappa shape index (κ2) is 6.24. The van der Waals surface area contributed by atoms with Gasteiger partial charge in [0.2, 0.25) is 0 Å². The SMILES string of the molecule is Cc1ccc(-c2n[nH]c3c2C(c2ccc(Cl)cc2)N(C(C)(C)C)C3=O)cc1. The number of H-pyrrole nitrogens is 1. The molecule has 0 radical (unpaired) electrons. The maximum Gasteiger partial charge on any atom is 0.273 e. The molecule has 1 aliphatic rings. The van der Waals surface area contributed by atoms with E-state index in [1.54, 1.807) is 0 Å². The molecule has 3 aromatic rings. The topological polar surface area (TPSA) is 49.0 Å². The van der Waals surface area contributed by atoms with Gasteiger partial charge in [-0.3, -0.25) is 9.89 Å². The molecule has 5 heteroatoms. The second-order valence-electron chi connectivity index (χ2n) is 8.03. The summed E-state index contributed by atoms with van der Waals surface area (Å²) in [6.07, 6.45) is 0. The van der Waals surface area contributed by atoms with Crippen LogP contribution in [0.15, 0.2) is 48.5 Å². The van der Waals surface area contributed by atoms with Gasteiger partial charge in [-0.2, -0.15) is 5.10 Å². The molecule has 0 bridgehead atoms. The number of amides is 1. The molecule has 2 aromatic carbocycles. The predicted octanol–water partition coefficient (Wildman–Crippen LogP) is 5.38. The number of carbonyl (C=O) groups excluding carboxylic acids is 1. The molecule has 1 amide bonds. The molecular weight excluding hydrogens is 358 g/mol. The quantitative estimate of drug-likeness (QED) is 0.649. The van der Waals surface area contributed by atoms with E-state index in [0.29, 0.717) is 10.7 Å². The van der Waals surface area contributed by atoms with E-state index in [9.17, 15) is 4.79 Å². The Kier molecular flexibility index (Phi) is 4.11. The van der Waals surface area contributed by atoms with Gasteiger partial charge in [-0.25, -0.2) is 0 Å². The second-order valence-corrected chi connectivity index (χ2v) is 8.46. The lowest BCUT2D eigenvalue weighted by atomic mass is 9.93. The molecule has 0 saturated carbocycles. The van der Waals surface area contributed by atoms with Crippen LogP contribution in [0.5, 0.6) is 0 Å². The summed E-state index contributed by atoms with van der Waals surface area (Å²) in [5.74, 6) is -0.0247. The van der Waals surface area contributed by atoms with E-state index in [2.05, 4.69) is 62.2 Å². The van der Waals surface area contributed by atoms with Crippen molar-refractivity contribution in [2.24, 2.45) is 0 Å². The standard InChI is InChI=1S/C22H22ClN3O/c1-13-5-7-14(8-6-13)18-17-19(25-24-18)21(27)26(22(2,3)4)20(17)15-9-11-16(23)12-10-15/h5-12,20H,1-4H3,(H,24,25). The lowest BCUT2D eigenvalue weighted by Gasteiger charge is -2.37. The third kappa shape index (κ3) is 2.94. The molecule has 1 aliphatic heterocycles. The Morgan fingerprint density at radius 3 is 2.26 bits per heavy atom. The lowest BCUT2D eigenvalue weighted by Crippen LogP contribution is -2.44. The van der Waals surface area contributed by atoms with Crippen LogP contribution in [0, 0.1) is 6.92 Å². The van der Waals surface area contributed by atoms with E-state index in [1.165, 1.54) is 5.56 Å². The number of aromatic amines is 1.